The van der Waals surface area contributed by atoms with Gasteiger partial charge in [0.25, 0.3) is 5.67 Å². The van der Waals surface area contributed by atoms with E-state index in [1.165, 1.54) is 25.2 Å². The minimum Gasteiger partial charge on any atom is -0.457 e. The van der Waals surface area contributed by atoms with Gasteiger partial charge in [0.2, 0.25) is 5.91 Å². The smallest absolute Gasteiger partial charge is 0.431 e. The summed E-state index contributed by atoms with van der Waals surface area (Å²) in [6.07, 6.45) is -5.22. The molecule has 1 aromatic carbocycles. The Morgan fingerprint density at radius 2 is 1.76 bits per heavy atom. The number of hydrogen-bond acceptors (Lipinski definition) is 18. The number of aliphatic hydroxyl groups excluding tert-OH is 1. The van der Waals surface area contributed by atoms with E-state index in [9.17, 15) is 34.1 Å². The number of carbonyl (C=O) groups excluding carboxylic acids is 3. The number of esters is 1. The van der Waals surface area contributed by atoms with Gasteiger partial charge in [0.05, 0.1) is 49.4 Å². The number of aliphatic imine (C=N–C) groups is 1. The molecule has 6 rings (SSSR count). The van der Waals surface area contributed by atoms with Crippen LogP contribution in [-0.2, 0) is 65.2 Å². The lowest BCUT2D eigenvalue weighted by Gasteiger charge is -2.47. The highest BCUT2D eigenvalue weighted by Gasteiger charge is 2.57. The number of carbonyl (C=O) groups is 3. The monoisotopic (exact) mass is 1070 g/mol. The first-order chi connectivity index (χ1) is 34.8. The molecule has 2 bridgehead atoms. The molecule has 0 spiro atoms. The maximum absolute atomic E-state index is 17.1. The Morgan fingerprint density at radius 3 is 2.41 bits per heavy atom. The standard InChI is InChI=1S/C51H72FN6O14PS/c1-12-38-51(9,63)45-31(5)41(55-40(59)13-2)29(3)22-49(7,44(32(6)43(61)50(8,52)48(62)71-38)72-47-42(60)37(58(10)11)21-30(4)70-47)67-26-36(25-66-45)56-68-27-35-20-19-34(23-53-35)46-54-39(28-74-46)57-73(64,65)69-24-33-17-15-14-16-18-33/h14-20,23,28-32,37-38,42,44-45,47,60,63H,12-13,21-22,24-27H2,1-11H3,(H2,57,64,65)/b55-41?,56-36+/t29-,30-,31+,32+,37+,38-,42-,44-,45-,47+,49-,50+,51-/m1/s1. The molecule has 0 aliphatic carbocycles. The summed E-state index contributed by atoms with van der Waals surface area (Å²) in [6, 6.07) is 12.0. The number of alkyl halides is 1. The van der Waals surface area contributed by atoms with Gasteiger partial charge in [-0.1, -0.05) is 70.1 Å². The van der Waals surface area contributed by atoms with Crippen molar-refractivity contribution in [1.29, 1.82) is 0 Å². The number of likely N-dealkylation sites (N-methyl/N-ethyl adjacent to an activating group) is 1. The van der Waals surface area contributed by atoms with E-state index < -0.39 is 103 Å². The molecule has 1 amide bonds. The molecule has 2 aromatic heterocycles. The SMILES string of the molecule is CCC(=O)N=C1[C@H](C)C[C@@]2(C)OC/C(=N/OCc3ccc(-c4nc(NP(=O)(O)OCc5ccccc5)cs4)cn3)CO[C@H]([C@H]1C)[C@](C)(O)[C@@H](CC)OC(=O)[C@@](C)(F)C(=O)[C@H](C)[C@H]2O[C@@H]1O[C@H](C)C[C@H](N(C)C)[C@H]1O. The van der Waals surface area contributed by atoms with Crippen molar-refractivity contribution < 1.29 is 71.5 Å². The summed E-state index contributed by atoms with van der Waals surface area (Å²) in [5, 5.41) is 33.3. The van der Waals surface area contributed by atoms with Gasteiger partial charge in [-0.25, -0.2) is 23.7 Å². The van der Waals surface area contributed by atoms with Gasteiger partial charge in [0.1, 0.15) is 34.3 Å². The highest BCUT2D eigenvalue weighted by Crippen LogP contribution is 2.44. The summed E-state index contributed by atoms with van der Waals surface area (Å²) < 4.78 is 67.1. The van der Waals surface area contributed by atoms with Crippen LogP contribution in [0.3, 0.4) is 0 Å². The highest BCUT2D eigenvalue weighted by atomic mass is 32.1. The van der Waals surface area contributed by atoms with E-state index in [1.807, 2.05) is 24.8 Å². The van der Waals surface area contributed by atoms with Gasteiger partial charge in [-0.2, -0.15) is 0 Å². The summed E-state index contributed by atoms with van der Waals surface area (Å²) in [5.41, 5.74) is -4.74. The Kier molecular flexibility index (Phi) is 19.6. The first kappa shape index (κ1) is 58.8. The molecule has 3 saturated heterocycles. The van der Waals surface area contributed by atoms with Crippen LogP contribution in [0.15, 0.2) is 64.2 Å². The van der Waals surface area contributed by atoms with Crippen LogP contribution in [0.5, 0.6) is 0 Å². The Hall–Kier alpha value is -4.45. The minimum absolute atomic E-state index is 0.0349. The van der Waals surface area contributed by atoms with E-state index in [0.29, 0.717) is 28.4 Å². The van der Waals surface area contributed by atoms with Gasteiger partial charge in [-0.15, -0.1) is 11.3 Å². The molecule has 20 nitrogen and oxygen atoms in total. The number of aliphatic hydroxyl groups is 2. The van der Waals surface area contributed by atoms with E-state index in [-0.39, 0.29) is 57.2 Å². The van der Waals surface area contributed by atoms with Crippen LogP contribution in [0.2, 0.25) is 0 Å². The molecule has 3 fully saturated rings. The molecule has 5 heterocycles. The topological polar surface area (TPSA) is 259 Å². The number of hydrogen-bond donors (Lipinski definition) is 4. The fourth-order valence-corrected chi connectivity index (χ4v) is 11.5. The number of rotatable bonds is 14. The number of oxime groups is 1. The molecule has 14 atom stereocenters. The number of amides is 1. The van der Waals surface area contributed by atoms with Crippen molar-refractivity contribution in [1.82, 2.24) is 14.9 Å². The van der Waals surface area contributed by atoms with Crippen molar-refractivity contribution in [2.45, 2.75) is 161 Å². The van der Waals surface area contributed by atoms with Crippen LogP contribution in [0.4, 0.5) is 10.2 Å². The number of fused-ring (bicyclic) bond motifs is 5. The van der Waals surface area contributed by atoms with Crippen molar-refractivity contribution in [2.24, 2.45) is 27.9 Å². The average molecular weight is 1080 g/mol. The fourth-order valence-electron chi connectivity index (χ4n) is 9.85. The third kappa shape index (κ3) is 14.1. The number of thiazole rings is 1. The van der Waals surface area contributed by atoms with Crippen molar-refractivity contribution >= 4 is 54.0 Å². The number of benzene rings is 1. The zero-order valence-electron chi connectivity index (χ0n) is 43.9. The van der Waals surface area contributed by atoms with Crippen molar-refractivity contribution in [3.05, 3.63) is 65.3 Å². The predicted octanol–water partition coefficient (Wildman–Crippen LogP) is 6.85. The molecule has 3 aliphatic rings. The van der Waals surface area contributed by atoms with E-state index in [4.69, 9.17) is 33.0 Å². The molecular formula is C51H72FN6O14PS. The van der Waals surface area contributed by atoms with Crippen LogP contribution in [0.25, 0.3) is 10.6 Å². The molecule has 408 valence electrons. The summed E-state index contributed by atoms with van der Waals surface area (Å²) in [7, 11) is -0.636. The second kappa shape index (κ2) is 24.7. The lowest BCUT2D eigenvalue weighted by atomic mass is 9.73. The van der Waals surface area contributed by atoms with Crippen molar-refractivity contribution in [3.63, 3.8) is 0 Å². The van der Waals surface area contributed by atoms with Gasteiger partial charge in [0, 0.05) is 47.2 Å². The van der Waals surface area contributed by atoms with Crippen molar-refractivity contribution in [3.8, 4) is 10.6 Å². The van der Waals surface area contributed by atoms with Gasteiger partial charge < -0.3 is 48.5 Å². The van der Waals surface area contributed by atoms with E-state index in [0.717, 1.165) is 12.5 Å². The number of nitrogens with zero attached hydrogens (tertiary/aromatic N) is 5. The Labute approximate surface area is 436 Å². The number of halogens is 1. The first-order valence-electron chi connectivity index (χ1n) is 24.9. The molecule has 23 heteroatoms. The van der Waals surface area contributed by atoms with Crippen LogP contribution in [-0.4, -0.2) is 146 Å². The van der Waals surface area contributed by atoms with Gasteiger partial charge >= 0.3 is 13.7 Å². The maximum Gasteiger partial charge on any atom is 0.431 e. The molecule has 4 N–H and O–H groups in total. The molecular weight excluding hydrogens is 1000 g/mol. The van der Waals surface area contributed by atoms with E-state index in [1.54, 1.807) is 89.8 Å². The minimum atomic E-state index is -4.24. The normalized spacial score (nSPS) is 34.5. The number of aromatic nitrogens is 2. The molecule has 0 saturated carbocycles. The quantitative estimate of drug-likeness (QED) is 0.0557. The maximum atomic E-state index is 17.1. The molecule has 1 unspecified atom stereocenters. The lowest BCUT2D eigenvalue weighted by molar-refractivity contribution is -0.296. The van der Waals surface area contributed by atoms with E-state index >= 15 is 4.39 Å². The van der Waals surface area contributed by atoms with Crippen LogP contribution >= 0.6 is 19.1 Å². The zero-order valence-corrected chi connectivity index (χ0v) is 45.6. The highest BCUT2D eigenvalue weighted by molar-refractivity contribution is 7.54. The van der Waals surface area contributed by atoms with Crippen LogP contribution < -0.4 is 5.09 Å². The number of pyridine rings is 1. The van der Waals surface area contributed by atoms with Gasteiger partial charge in [0.15, 0.2) is 18.7 Å². The summed E-state index contributed by atoms with van der Waals surface area (Å²) in [4.78, 5) is 73.5. The number of cyclic esters (lactones) is 1. The summed E-state index contributed by atoms with van der Waals surface area (Å²) in [6.45, 7) is 13.0. The Balaban J connectivity index is 1.35. The first-order valence-corrected chi connectivity index (χ1v) is 27.3. The Bertz CT molecular complexity index is 2520. The van der Waals surface area contributed by atoms with Crippen LogP contribution in [0.1, 0.15) is 99.3 Å². The number of nitrogens with one attached hydrogen (secondary N) is 1. The molecule has 3 aromatic rings. The second-order valence-corrected chi connectivity index (χ2v) is 22.6. The van der Waals surface area contributed by atoms with Crippen LogP contribution in [0, 0.1) is 17.8 Å². The summed E-state index contributed by atoms with van der Waals surface area (Å²) in [5.74, 6) is -6.08. The van der Waals surface area contributed by atoms with Crippen molar-refractivity contribution in [2.75, 3.05) is 32.4 Å². The number of anilines is 1. The largest absolute Gasteiger partial charge is 0.457 e. The third-order valence-corrected chi connectivity index (χ3v) is 15.8. The number of Topliss-reactive ketones (excluding diaryl/α,β-unsaturated/α-hetero) is 1. The second-order valence-electron chi connectivity index (χ2n) is 20.2. The lowest BCUT2D eigenvalue weighted by Crippen LogP contribution is -2.61. The molecule has 0 radical (unpaired) electrons. The number of ketones is 1. The van der Waals surface area contributed by atoms with E-state index in [2.05, 4.69) is 25.2 Å². The molecule has 3 aliphatic heterocycles. The molecule has 74 heavy (non-hydrogen) atoms. The fraction of sp³-hybridized carbons (Fsp3) is 0.627. The zero-order chi connectivity index (χ0) is 54.3. The average Bonchev–Trinajstić information content (AvgIpc) is 3.81. The number of ether oxygens (including phenoxy) is 5. The summed E-state index contributed by atoms with van der Waals surface area (Å²) >= 11 is 1.22. The van der Waals surface area contributed by atoms with Gasteiger partial charge in [-0.3, -0.25) is 24.2 Å². The van der Waals surface area contributed by atoms with Gasteiger partial charge in [-0.05, 0) is 84.7 Å². The predicted molar refractivity (Wildman–Crippen MR) is 274 cm³/mol. The third-order valence-electron chi connectivity index (χ3n) is 13.9. The Morgan fingerprint density at radius 1 is 1.04 bits per heavy atom.